The molecule has 0 bridgehead atoms. The number of carbonyl (C=O) groups is 1. The summed E-state index contributed by atoms with van der Waals surface area (Å²) < 4.78 is 5.07. The fourth-order valence-corrected chi connectivity index (χ4v) is 2.77. The number of thiocarbonyl (C=S) groups is 1. The molecule has 108 valence electrons. The Labute approximate surface area is 123 Å². The summed E-state index contributed by atoms with van der Waals surface area (Å²) in [4.78, 5) is 12.4. The van der Waals surface area contributed by atoms with Gasteiger partial charge >= 0.3 is 6.03 Å². The van der Waals surface area contributed by atoms with Crippen molar-refractivity contribution in [2.24, 2.45) is 11.7 Å². The van der Waals surface area contributed by atoms with Crippen molar-refractivity contribution in [1.29, 1.82) is 0 Å². The first-order chi connectivity index (χ1) is 9.60. The van der Waals surface area contributed by atoms with Crippen LogP contribution in [0.1, 0.15) is 19.3 Å². The monoisotopic (exact) mass is 293 g/mol. The Bertz CT molecular complexity index is 490. The summed E-state index contributed by atoms with van der Waals surface area (Å²) in [5.41, 5.74) is 6.41. The van der Waals surface area contributed by atoms with E-state index in [1.807, 2.05) is 0 Å². The van der Waals surface area contributed by atoms with Gasteiger partial charge in [0.15, 0.2) is 0 Å². The quantitative estimate of drug-likeness (QED) is 0.744. The number of nitrogens with one attached hydrogen (secondary N) is 2. The minimum Gasteiger partial charge on any atom is -0.497 e. The van der Waals surface area contributed by atoms with Gasteiger partial charge in [-0.05, 0) is 37.1 Å². The van der Waals surface area contributed by atoms with E-state index in [1.165, 1.54) is 0 Å². The molecule has 2 unspecified atom stereocenters. The third kappa shape index (κ3) is 3.60. The highest BCUT2D eigenvalue weighted by molar-refractivity contribution is 7.80. The van der Waals surface area contributed by atoms with E-state index in [2.05, 4.69) is 10.6 Å². The largest absolute Gasteiger partial charge is 0.497 e. The van der Waals surface area contributed by atoms with Gasteiger partial charge in [-0.1, -0.05) is 18.6 Å². The van der Waals surface area contributed by atoms with Crippen LogP contribution in [-0.4, -0.2) is 24.2 Å². The van der Waals surface area contributed by atoms with E-state index in [-0.39, 0.29) is 18.0 Å². The fraction of sp³-hybridized carbons (Fsp3) is 0.429. The average molecular weight is 293 g/mol. The molecule has 5 nitrogen and oxygen atoms in total. The first-order valence-corrected chi connectivity index (χ1v) is 7.02. The highest BCUT2D eigenvalue weighted by atomic mass is 32.1. The Hall–Kier alpha value is -1.82. The molecule has 20 heavy (non-hydrogen) atoms. The lowest BCUT2D eigenvalue weighted by molar-refractivity contribution is 0.247. The molecule has 1 aliphatic carbocycles. The van der Waals surface area contributed by atoms with Crippen LogP contribution in [0.5, 0.6) is 5.75 Å². The Morgan fingerprint density at radius 3 is 2.65 bits per heavy atom. The maximum Gasteiger partial charge on any atom is 0.319 e. The van der Waals surface area contributed by atoms with Gasteiger partial charge in [-0.2, -0.15) is 0 Å². The molecule has 1 aliphatic rings. The zero-order chi connectivity index (χ0) is 14.5. The third-order valence-corrected chi connectivity index (χ3v) is 3.85. The first kappa shape index (κ1) is 14.6. The van der Waals surface area contributed by atoms with Crippen molar-refractivity contribution in [3.63, 3.8) is 0 Å². The van der Waals surface area contributed by atoms with Crippen molar-refractivity contribution in [2.45, 2.75) is 25.3 Å². The number of methoxy groups -OCH3 is 1. The zero-order valence-electron chi connectivity index (χ0n) is 11.4. The van der Waals surface area contributed by atoms with Gasteiger partial charge in [-0.15, -0.1) is 0 Å². The molecule has 1 fully saturated rings. The van der Waals surface area contributed by atoms with Crippen LogP contribution in [0.2, 0.25) is 0 Å². The number of benzene rings is 1. The molecule has 0 saturated heterocycles. The minimum absolute atomic E-state index is 0.0331. The van der Waals surface area contributed by atoms with Crippen LogP contribution in [0, 0.1) is 5.92 Å². The zero-order valence-corrected chi connectivity index (χ0v) is 12.2. The number of rotatable bonds is 4. The third-order valence-electron chi connectivity index (χ3n) is 3.55. The molecule has 0 heterocycles. The summed E-state index contributed by atoms with van der Waals surface area (Å²) >= 11 is 5.03. The van der Waals surface area contributed by atoms with Crippen molar-refractivity contribution in [3.05, 3.63) is 24.3 Å². The maximum atomic E-state index is 12.0. The Balaban J connectivity index is 1.90. The second-order valence-electron chi connectivity index (χ2n) is 4.87. The van der Waals surface area contributed by atoms with Crippen LogP contribution < -0.4 is 21.1 Å². The van der Waals surface area contributed by atoms with E-state index in [0.29, 0.717) is 10.7 Å². The molecular formula is C14H19N3O2S. The lowest BCUT2D eigenvalue weighted by atomic mass is 10.0. The second-order valence-corrected chi connectivity index (χ2v) is 5.34. The van der Waals surface area contributed by atoms with Crippen LogP contribution in [0.15, 0.2) is 24.3 Å². The summed E-state index contributed by atoms with van der Waals surface area (Å²) in [6.45, 7) is 0. The van der Waals surface area contributed by atoms with E-state index in [4.69, 9.17) is 22.7 Å². The number of nitrogens with two attached hydrogens (primary N) is 1. The second kappa shape index (κ2) is 6.56. The molecule has 2 amide bonds. The van der Waals surface area contributed by atoms with Gasteiger partial charge < -0.3 is 21.1 Å². The molecule has 6 heteroatoms. The van der Waals surface area contributed by atoms with Gasteiger partial charge in [0, 0.05) is 17.6 Å². The Kier molecular flexibility index (Phi) is 4.79. The highest BCUT2D eigenvalue weighted by Crippen LogP contribution is 2.26. The molecule has 2 rings (SSSR count). The molecule has 0 aromatic heterocycles. The van der Waals surface area contributed by atoms with Crippen LogP contribution >= 0.6 is 12.2 Å². The van der Waals surface area contributed by atoms with Crippen molar-refractivity contribution in [2.75, 3.05) is 12.4 Å². The molecule has 0 radical (unpaired) electrons. The fourth-order valence-electron chi connectivity index (χ4n) is 2.48. The standard InChI is InChI=1S/C14H19N3O2S/c1-19-10-7-5-9(6-8-10)16-14(18)17-12-4-2-3-11(12)13(15)20/h5-8,11-12H,2-4H2,1H3,(H2,15,20)(H2,16,17,18). The van der Waals surface area contributed by atoms with Crippen molar-refractivity contribution < 1.29 is 9.53 Å². The van der Waals surface area contributed by atoms with Crippen LogP contribution in [0.3, 0.4) is 0 Å². The molecule has 2 atom stereocenters. The van der Waals surface area contributed by atoms with E-state index in [0.717, 1.165) is 25.0 Å². The highest BCUT2D eigenvalue weighted by Gasteiger charge is 2.30. The van der Waals surface area contributed by atoms with Crippen molar-refractivity contribution in [3.8, 4) is 5.75 Å². The van der Waals surface area contributed by atoms with Crippen molar-refractivity contribution >= 4 is 28.9 Å². The van der Waals surface area contributed by atoms with E-state index >= 15 is 0 Å². The maximum absolute atomic E-state index is 12.0. The first-order valence-electron chi connectivity index (χ1n) is 6.61. The molecule has 0 aliphatic heterocycles. The number of hydrogen-bond donors (Lipinski definition) is 3. The van der Waals surface area contributed by atoms with E-state index in [1.54, 1.807) is 31.4 Å². The smallest absolute Gasteiger partial charge is 0.319 e. The average Bonchev–Trinajstić information content (AvgIpc) is 2.87. The van der Waals surface area contributed by atoms with Crippen molar-refractivity contribution in [1.82, 2.24) is 5.32 Å². The summed E-state index contributed by atoms with van der Waals surface area (Å²) in [5, 5.41) is 5.73. The van der Waals surface area contributed by atoms with Gasteiger partial charge in [0.05, 0.1) is 12.1 Å². The van der Waals surface area contributed by atoms with Crippen LogP contribution in [0.4, 0.5) is 10.5 Å². The number of anilines is 1. The predicted octanol–water partition coefficient (Wildman–Crippen LogP) is 2.27. The topological polar surface area (TPSA) is 76.4 Å². The van der Waals surface area contributed by atoms with E-state index < -0.39 is 0 Å². The number of carbonyl (C=O) groups excluding carboxylic acids is 1. The molecule has 1 saturated carbocycles. The van der Waals surface area contributed by atoms with Gasteiger partial charge in [0.2, 0.25) is 0 Å². The number of urea groups is 1. The number of amides is 2. The van der Waals surface area contributed by atoms with Gasteiger partial charge in [0.1, 0.15) is 5.75 Å². The lowest BCUT2D eigenvalue weighted by Crippen LogP contribution is -2.43. The predicted molar refractivity (Wildman–Crippen MR) is 83.1 cm³/mol. The summed E-state index contributed by atoms with van der Waals surface area (Å²) in [5.74, 6) is 0.854. The summed E-state index contributed by atoms with van der Waals surface area (Å²) in [6, 6.07) is 6.97. The van der Waals surface area contributed by atoms with Crippen LogP contribution in [0.25, 0.3) is 0 Å². The Morgan fingerprint density at radius 1 is 1.35 bits per heavy atom. The van der Waals surface area contributed by atoms with Gasteiger partial charge in [0.25, 0.3) is 0 Å². The SMILES string of the molecule is COc1ccc(NC(=O)NC2CCCC2C(N)=S)cc1. The van der Waals surface area contributed by atoms with E-state index in [9.17, 15) is 4.79 Å². The summed E-state index contributed by atoms with van der Waals surface area (Å²) in [6.07, 6.45) is 2.90. The molecule has 1 aromatic carbocycles. The normalized spacial score (nSPS) is 21.2. The lowest BCUT2D eigenvalue weighted by Gasteiger charge is -2.20. The molecular weight excluding hydrogens is 274 g/mol. The minimum atomic E-state index is -0.233. The number of ether oxygens (including phenoxy) is 1. The Morgan fingerprint density at radius 2 is 2.05 bits per heavy atom. The van der Waals surface area contributed by atoms with Gasteiger partial charge in [-0.25, -0.2) is 4.79 Å². The van der Waals surface area contributed by atoms with Crippen LogP contribution in [-0.2, 0) is 0 Å². The molecule has 1 aromatic rings. The van der Waals surface area contributed by atoms with Gasteiger partial charge in [-0.3, -0.25) is 0 Å². The molecule has 0 spiro atoms. The number of hydrogen-bond acceptors (Lipinski definition) is 3. The molecule has 4 N–H and O–H groups in total. The summed E-state index contributed by atoms with van der Waals surface area (Å²) in [7, 11) is 1.60.